The van der Waals surface area contributed by atoms with Crippen molar-refractivity contribution in [2.24, 2.45) is 0 Å². The van der Waals surface area contributed by atoms with E-state index in [9.17, 15) is 0 Å². The van der Waals surface area contributed by atoms with Gasteiger partial charge in [-0.05, 0) is 36.8 Å². The van der Waals surface area contributed by atoms with Crippen molar-refractivity contribution < 1.29 is 4.42 Å². The summed E-state index contributed by atoms with van der Waals surface area (Å²) in [7, 11) is 0. The van der Waals surface area contributed by atoms with E-state index in [1.807, 2.05) is 12.3 Å². The van der Waals surface area contributed by atoms with E-state index in [0.717, 1.165) is 12.8 Å². The van der Waals surface area contributed by atoms with E-state index in [-0.39, 0.29) is 0 Å². The van der Waals surface area contributed by atoms with E-state index in [2.05, 4.69) is 0 Å². The van der Waals surface area contributed by atoms with Crippen LogP contribution in [0.1, 0.15) is 30.7 Å². The van der Waals surface area contributed by atoms with Gasteiger partial charge in [-0.2, -0.15) is 0 Å². The Labute approximate surface area is 71.3 Å². The Balaban J connectivity index is 2.08. The smallest absolute Gasteiger partial charge is 0.0937 e. The topological polar surface area (TPSA) is 13.1 Å². The monoisotopic (exact) mass is 170 g/mol. The molecule has 2 heteroatoms. The molecule has 11 heavy (non-hydrogen) atoms. The zero-order chi connectivity index (χ0) is 7.68. The number of alkyl halides is 1. The largest absolute Gasteiger partial charge is 0.472 e. The molecule has 0 amide bonds. The van der Waals surface area contributed by atoms with Gasteiger partial charge in [-0.15, -0.1) is 11.6 Å². The van der Waals surface area contributed by atoms with Crippen LogP contribution in [0.2, 0.25) is 0 Å². The van der Waals surface area contributed by atoms with E-state index >= 15 is 0 Å². The van der Waals surface area contributed by atoms with Crippen molar-refractivity contribution in [1.82, 2.24) is 0 Å². The highest BCUT2D eigenvalue weighted by Crippen LogP contribution is 2.36. The van der Waals surface area contributed by atoms with Crippen LogP contribution in [-0.2, 0) is 0 Å². The van der Waals surface area contributed by atoms with Gasteiger partial charge in [0.1, 0.15) is 0 Å². The molecule has 60 valence electrons. The maximum Gasteiger partial charge on any atom is 0.0937 e. The van der Waals surface area contributed by atoms with E-state index in [0.29, 0.717) is 11.3 Å². The fourth-order valence-corrected chi connectivity index (χ4v) is 2.08. The Morgan fingerprint density at radius 1 is 1.45 bits per heavy atom. The average molecular weight is 171 g/mol. The molecule has 2 unspecified atom stereocenters. The van der Waals surface area contributed by atoms with Crippen LogP contribution in [0, 0.1) is 0 Å². The van der Waals surface area contributed by atoms with Gasteiger partial charge in [0.2, 0.25) is 0 Å². The molecular formula is C9H11ClO. The second-order valence-electron chi connectivity index (χ2n) is 3.16. The Morgan fingerprint density at radius 2 is 2.36 bits per heavy atom. The first-order valence-electron chi connectivity index (χ1n) is 4.02. The molecule has 1 heterocycles. The van der Waals surface area contributed by atoms with Crippen molar-refractivity contribution in [3.05, 3.63) is 24.2 Å². The van der Waals surface area contributed by atoms with E-state index in [1.54, 1.807) is 6.26 Å². The van der Waals surface area contributed by atoms with Gasteiger partial charge in [0.05, 0.1) is 12.5 Å². The van der Waals surface area contributed by atoms with Crippen LogP contribution in [-0.4, -0.2) is 5.38 Å². The highest BCUT2D eigenvalue weighted by molar-refractivity contribution is 6.20. The minimum absolute atomic E-state index is 0.384. The van der Waals surface area contributed by atoms with E-state index in [1.165, 1.54) is 12.0 Å². The maximum atomic E-state index is 5.99. The molecule has 1 fully saturated rings. The molecule has 0 radical (unpaired) electrons. The second kappa shape index (κ2) is 2.90. The lowest BCUT2D eigenvalue weighted by Gasteiger charge is -2.03. The standard InChI is InChI=1S/C9H11ClO/c10-9-2-1-7(5-9)8-3-4-11-6-8/h3-4,6-7,9H,1-2,5H2. The first-order valence-corrected chi connectivity index (χ1v) is 4.46. The molecule has 2 atom stereocenters. The van der Waals surface area contributed by atoms with Crippen LogP contribution >= 0.6 is 11.6 Å². The molecule has 0 bridgehead atoms. The van der Waals surface area contributed by atoms with Crippen LogP contribution in [0.15, 0.2) is 23.0 Å². The van der Waals surface area contributed by atoms with Crippen molar-refractivity contribution in [3.8, 4) is 0 Å². The van der Waals surface area contributed by atoms with Crippen LogP contribution < -0.4 is 0 Å². The first kappa shape index (κ1) is 7.23. The molecule has 0 aliphatic heterocycles. The summed E-state index contributed by atoms with van der Waals surface area (Å²) in [5.41, 5.74) is 1.31. The molecule has 0 spiro atoms. The van der Waals surface area contributed by atoms with E-state index in [4.69, 9.17) is 16.0 Å². The summed E-state index contributed by atoms with van der Waals surface area (Å²) in [6.45, 7) is 0. The third kappa shape index (κ3) is 1.43. The third-order valence-corrected chi connectivity index (χ3v) is 2.78. The van der Waals surface area contributed by atoms with Crippen LogP contribution in [0.5, 0.6) is 0 Å². The summed E-state index contributed by atoms with van der Waals surface area (Å²) < 4.78 is 5.02. The molecule has 0 aromatic carbocycles. The Hall–Kier alpha value is -0.430. The Bertz CT molecular complexity index is 217. The molecule has 1 aromatic rings. The van der Waals surface area contributed by atoms with Gasteiger partial charge in [0, 0.05) is 5.38 Å². The quantitative estimate of drug-likeness (QED) is 0.591. The predicted octanol–water partition coefficient (Wildman–Crippen LogP) is 3.15. The molecule has 1 saturated carbocycles. The van der Waals surface area contributed by atoms with E-state index < -0.39 is 0 Å². The molecule has 1 nitrogen and oxygen atoms in total. The molecule has 1 aliphatic carbocycles. The highest BCUT2D eigenvalue weighted by atomic mass is 35.5. The van der Waals surface area contributed by atoms with Crippen molar-refractivity contribution >= 4 is 11.6 Å². The van der Waals surface area contributed by atoms with Gasteiger partial charge in [0.15, 0.2) is 0 Å². The molecular weight excluding hydrogens is 160 g/mol. The number of rotatable bonds is 1. The number of hydrogen-bond donors (Lipinski definition) is 0. The minimum atomic E-state index is 0.384. The fraction of sp³-hybridized carbons (Fsp3) is 0.556. The highest BCUT2D eigenvalue weighted by Gasteiger charge is 2.24. The van der Waals surface area contributed by atoms with Gasteiger partial charge < -0.3 is 4.42 Å². The van der Waals surface area contributed by atoms with Crippen LogP contribution in [0.25, 0.3) is 0 Å². The number of halogens is 1. The summed E-state index contributed by atoms with van der Waals surface area (Å²) in [5, 5.41) is 0.384. The summed E-state index contributed by atoms with van der Waals surface area (Å²) in [6, 6.07) is 2.04. The first-order chi connectivity index (χ1) is 5.36. The summed E-state index contributed by atoms with van der Waals surface area (Å²) >= 11 is 5.99. The molecule has 0 N–H and O–H groups in total. The zero-order valence-corrected chi connectivity index (χ0v) is 7.05. The zero-order valence-electron chi connectivity index (χ0n) is 6.29. The Morgan fingerprint density at radius 3 is 2.91 bits per heavy atom. The lowest BCUT2D eigenvalue weighted by molar-refractivity contribution is 0.558. The van der Waals surface area contributed by atoms with Crippen molar-refractivity contribution in [3.63, 3.8) is 0 Å². The predicted molar refractivity (Wildman–Crippen MR) is 44.9 cm³/mol. The number of hydrogen-bond acceptors (Lipinski definition) is 1. The van der Waals surface area contributed by atoms with Crippen LogP contribution in [0.4, 0.5) is 0 Å². The summed E-state index contributed by atoms with van der Waals surface area (Å²) in [4.78, 5) is 0. The van der Waals surface area contributed by atoms with Gasteiger partial charge in [-0.25, -0.2) is 0 Å². The number of furan rings is 1. The molecule has 1 aliphatic rings. The van der Waals surface area contributed by atoms with Gasteiger partial charge in [-0.3, -0.25) is 0 Å². The van der Waals surface area contributed by atoms with Crippen LogP contribution in [0.3, 0.4) is 0 Å². The summed E-state index contributed by atoms with van der Waals surface area (Å²) in [6.07, 6.45) is 7.04. The SMILES string of the molecule is ClC1CCC(c2ccoc2)C1. The van der Waals surface area contributed by atoms with Gasteiger partial charge >= 0.3 is 0 Å². The average Bonchev–Trinajstić information content (AvgIpc) is 2.55. The lowest BCUT2D eigenvalue weighted by atomic mass is 10.0. The maximum absolute atomic E-state index is 5.99. The summed E-state index contributed by atoms with van der Waals surface area (Å²) in [5.74, 6) is 0.649. The van der Waals surface area contributed by atoms with Gasteiger partial charge in [0.25, 0.3) is 0 Å². The molecule has 0 saturated heterocycles. The van der Waals surface area contributed by atoms with Crippen molar-refractivity contribution in [2.45, 2.75) is 30.6 Å². The normalized spacial score (nSPS) is 31.0. The third-order valence-electron chi connectivity index (χ3n) is 2.38. The lowest BCUT2D eigenvalue weighted by Crippen LogP contribution is -1.91. The molecule has 1 aromatic heterocycles. The fourth-order valence-electron chi connectivity index (χ4n) is 1.74. The molecule has 2 rings (SSSR count). The minimum Gasteiger partial charge on any atom is -0.472 e. The van der Waals surface area contributed by atoms with Crippen molar-refractivity contribution in [2.75, 3.05) is 0 Å². The Kier molecular flexibility index (Phi) is 1.91. The second-order valence-corrected chi connectivity index (χ2v) is 3.78. The van der Waals surface area contributed by atoms with Crippen molar-refractivity contribution in [1.29, 1.82) is 0 Å². The van der Waals surface area contributed by atoms with Gasteiger partial charge in [-0.1, -0.05) is 0 Å².